The van der Waals surface area contributed by atoms with Crippen LogP contribution in [0.3, 0.4) is 0 Å². The molecule has 1 heterocycles. The van der Waals surface area contributed by atoms with Crippen LogP contribution >= 0.6 is 0 Å². The van der Waals surface area contributed by atoms with Gasteiger partial charge in [0.2, 0.25) is 10.0 Å². The van der Waals surface area contributed by atoms with E-state index < -0.39 is 28.1 Å². The molecule has 34 heavy (non-hydrogen) atoms. The number of ether oxygens (including phenoxy) is 1. The van der Waals surface area contributed by atoms with Crippen LogP contribution in [-0.2, 0) is 19.6 Å². The summed E-state index contributed by atoms with van der Waals surface area (Å²) in [6.45, 7) is 4.25. The number of nitrogens with one attached hydrogen (secondary N) is 3. The number of esters is 1. The van der Waals surface area contributed by atoms with Gasteiger partial charge in [0.1, 0.15) is 6.04 Å². The zero-order chi connectivity index (χ0) is 24.3. The number of hydrogen-bond acceptors (Lipinski definition) is 6. The summed E-state index contributed by atoms with van der Waals surface area (Å²) in [5.41, 5.74) is 1.71. The van der Waals surface area contributed by atoms with E-state index in [-0.39, 0.29) is 17.4 Å². The second-order valence-corrected chi connectivity index (χ2v) is 9.88. The third-order valence-electron chi connectivity index (χ3n) is 5.85. The number of amides is 1. The average molecular weight is 482 g/mol. The molecule has 0 spiro atoms. The second kappa shape index (κ2) is 9.92. The summed E-state index contributed by atoms with van der Waals surface area (Å²) in [4.78, 5) is 25.2. The molecule has 8 nitrogen and oxygen atoms in total. The highest BCUT2D eigenvalue weighted by Gasteiger charge is 2.37. The Balaban J connectivity index is 1.67. The highest BCUT2D eigenvalue weighted by Crippen LogP contribution is 2.29. The van der Waals surface area contributed by atoms with Crippen molar-refractivity contribution >= 4 is 38.4 Å². The summed E-state index contributed by atoms with van der Waals surface area (Å²) in [7, 11) is -4.00. The van der Waals surface area contributed by atoms with E-state index in [9.17, 15) is 18.0 Å². The summed E-state index contributed by atoms with van der Waals surface area (Å²) in [6.07, 6.45) is 0.452. The van der Waals surface area contributed by atoms with Gasteiger partial charge in [0.05, 0.1) is 17.2 Å². The molecule has 4 rings (SSSR count). The first-order chi connectivity index (χ1) is 16.3. The van der Waals surface area contributed by atoms with Crippen molar-refractivity contribution in [3.8, 4) is 0 Å². The third-order valence-corrected chi connectivity index (χ3v) is 7.32. The lowest BCUT2D eigenvalue weighted by molar-refractivity contribution is -0.145. The number of fused-ring (bicyclic) bond motifs is 1. The minimum atomic E-state index is -4.00. The van der Waals surface area contributed by atoms with Crippen molar-refractivity contribution in [2.75, 3.05) is 18.5 Å². The summed E-state index contributed by atoms with van der Waals surface area (Å²) in [6, 6.07) is 16.0. The number of anilines is 1. The predicted octanol–water partition coefficient (Wildman–Crippen LogP) is 2.97. The Morgan fingerprint density at radius 1 is 1.09 bits per heavy atom. The maximum atomic E-state index is 13.3. The van der Waals surface area contributed by atoms with Crippen molar-refractivity contribution in [1.29, 1.82) is 0 Å². The van der Waals surface area contributed by atoms with Gasteiger partial charge in [-0.05, 0) is 56.0 Å². The van der Waals surface area contributed by atoms with Crippen LogP contribution in [-0.4, -0.2) is 45.5 Å². The molecule has 1 aliphatic heterocycles. The van der Waals surface area contributed by atoms with E-state index in [1.807, 2.05) is 31.2 Å². The van der Waals surface area contributed by atoms with Gasteiger partial charge in [0.25, 0.3) is 5.91 Å². The molecule has 178 valence electrons. The Kier molecular flexibility index (Phi) is 6.97. The van der Waals surface area contributed by atoms with Crippen LogP contribution in [0.1, 0.15) is 29.3 Å². The first kappa shape index (κ1) is 23.9. The summed E-state index contributed by atoms with van der Waals surface area (Å²) >= 11 is 0. The summed E-state index contributed by atoms with van der Waals surface area (Å²) < 4.78 is 34.3. The van der Waals surface area contributed by atoms with Crippen molar-refractivity contribution in [3.05, 3.63) is 71.8 Å². The molecule has 3 aromatic rings. The smallest absolute Gasteiger partial charge is 0.324 e. The Labute approximate surface area is 198 Å². The van der Waals surface area contributed by atoms with Crippen LogP contribution in [0, 0.1) is 6.92 Å². The molecule has 2 unspecified atom stereocenters. The minimum absolute atomic E-state index is 0.000734. The van der Waals surface area contributed by atoms with Crippen molar-refractivity contribution in [2.24, 2.45) is 0 Å². The molecular weight excluding hydrogens is 454 g/mol. The van der Waals surface area contributed by atoms with Crippen molar-refractivity contribution in [3.63, 3.8) is 0 Å². The lowest BCUT2D eigenvalue weighted by Crippen LogP contribution is -2.48. The molecule has 3 aromatic carbocycles. The number of hydrogen-bond donors (Lipinski definition) is 3. The summed E-state index contributed by atoms with van der Waals surface area (Å²) in [5.74, 6) is -0.814. The Hall–Kier alpha value is -3.27. The Bertz CT molecular complexity index is 1340. The van der Waals surface area contributed by atoms with Crippen LogP contribution in [0.5, 0.6) is 0 Å². The van der Waals surface area contributed by atoms with Gasteiger partial charge in [-0.2, -0.15) is 0 Å². The van der Waals surface area contributed by atoms with Crippen molar-refractivity contribution in [1.82, 2.24) is 10.0 Å². The first-order valence-electron chi connectivity index (χ1n) is 11.1. The Morgan fingerprint density at radius 2 is 1.82 bits per heavy atom. The van der Waals surface area contributed by atoms with Gasteiger partial charge in [-0.25, -0.2) is 13.1 Å². The van der Waals surface area contributed by atoms with Gasteiger partial charge >= 0.3 is 5.97 Å². The van der Waals surface area contributed by atoms with Gasteiger partial charge in [-0.1, -0.05) is 42.5 Å². The van der Waals surface area contributed by atoms with Crippen molar-refractivity contribution in [2.45, 2.75) is 37.2 Å². The first-order valence-corrected chi connectivity index (χ1v) is 12.6. The molecule has 0 saturated carbocycles. The Morgan fingerprint density at radius 3 is 2.59 bits per heavy atom. The maximum Gasteiger partial charge on any atom is 0.324 e. The molecule has 1 fully saturated rings. The molecule has 1 aliphatic rings. The maximum absolute atomic E-state index is 13.3. The fourth-order valence-electron chi connectivity index (χ4n) is 4.14. The topological polar surface area (TPSA) is 114 Å². The predicted molar refractivity (Wildman–Crippen MR) is 130 cm³/mol. The quantitative estimate of drug-likeness (QED) is 0.447. The van der Waals surface area contributed by atoms with Gasteiger partial charge in [0, 0.05) is 17.0 Å². The van der Waals surface area contributed by atoms with E-state index in [0.29, 0.717) is 29.6 Å². The van der Waals surface area contributed by atoms with E-state index >= 15 is 0 Å². The molecule has 0 radical (unpaired) electrons. The molecule has 0 bridgehead atoms. The van der Waals surface area contributed by atoms with Crippen LogP contribution in [0.2, 0.25) is 0 Å². The monoisotopic (exact) mass is 481 g/mol. The lowest BCUT2D eigenvalue weighted by Gasteiger charge is -2.20. The molecule has 9 heteroatoms. The van der Waals surface area contributed by atoms with Gasteiger partial charge in [-0.3, -0.25) is 9.59 Å². The van der Waals surface area contributed by atoms with E-state index in [2.05, 4.69) is 15.4 Å². The van der Waals surface area contributed by atoms with Crippen LogP contribution in [0.25, 0.3) is 10.8 Å². The molecule has 1 saturated heterocycles. The highest BCUT2D eigenvalue weighted by atomic mass is 32.2. The SMILES string of the molecule is CCOC(=O)C1NCCC1NS(=O)(=O)c1cc(NC(=O)c2ccccc2C)c2ccccc2c1. The zero-order valence-electron chi connectivity index (χ0n) is 19.0. The van der Waals surface area contributed by atoms with Gasteiger partial charge in [0.15, 0.2) is 0 Å². The molecule has 2 atom stereocenters. The van der Waals surface area contributed by atoms with Crippen LogP contribution in [0.4, 0.5) is 5.69 Å². The van der Waals surface area contributed by atoms with E-state index in [4.69, 9.17) is 4.74 Å². The number of sulfonamides is 1. The fourth-order valence-corrected chi connectivity index (χ4v) is 5.48. The lowest BCUT2D eigenvalue weighted by atomic mass is 10.1. The van der Waals surface area contributed by atoms with Gasteiger partial charge in [-0.15, -0.1) is 0 Å². The normalized spacial score (nSPS) is 18.1. The third kappa shape index (κ3) is 4.96. The standard InChI is InChI=1S/C25H27N3O5S/c1-3-33-25(30)23-21(12-13-26-23)28-34(31,32)18-14-17-9-5-7-11-20(17)22(15-18)27-24(29)19-10-6-4-8-16(19)2/h4-11,14-15,21,23,26,28H,3,12-13H2,1-2H3,(H,27,29). The van der Waals surface area contributed by atoms with Crippen molar-refractivity contribution < 1.29 is 22.7 Å². The van der Waals surface area contributed by atoms with Crippen LogP contribution in [0.15, 0.2) is 65.6 Å². The van der Waals surface area contributed by atoms with E-state index in [1.165, 1.54) is 6.07 Å². The van der Waals surface area contributed by atoms with Crippen LogP contribution < -0.4 is 15.4 Å². The minimum Gasteiger partial charge on any atom is -0.465 e. The van der Waals surface area contributed by atoms with Gasteiger partial charge < -0.3 is 15.4 Å². The average Bonchev–Trinajstić information content (AvgIpc) is 3.27. The number of carbonyl (C=O) groups is 2. The number of benzene rings is 3. The highest BCUT2D eigenvalue weighted by molar-refractivity contribution is 7.89. The largest absolute Gasteiger partial charge is 0.465 e. The van der Waals surface area contributed by atoms with E-state index in [1.54, 1.807) is 37.3 Å². The molecule has 0 aromatic heterocycles. The molecule has 1 amide bonds. The molecular formula is C25H27N3O5S. The number of rotatable bonds is 7. The molecule has 0 aliphatic carbocycles. The second-order valence-electron chi connectivity index (χ2n) is 8.16. The fraction of sp³-hybridized carbons (Fsp3) is 0.280. The van der Waals surface area contributed by atoms with E-state index in [0.717, 1.165) is 10.9 Å². The zero-order valence-corrected chi connectivity index (χ0v) is 19.8. The number of carbonyl (C=O) groups excluding carboxylic acids is 2. The summed E-state index contributed by atoms with van der Waals surface area (Å²) in [5, 5.41) is 7.25. The molecule has 3 N–H and O–H groups in total. The number of aryl methyl sites for hydroxylation is 1.